The van der Waals surface area contributed by atoms with Gasteiger partial charge < -0.3 is 20.5 Å². The molecule has 1 aliphatic rings. The lowest BCUT2D eigenvalue weighted by atomic mass is 10.1. The van der Waals surface area contributed by atoms with E-state index in [0.717, 1.165) is 30.4 Å². The van der Waals surface area contributed by atoms with Gasteiger partial charge in [0.15, 0.2) is 5.82 Å². The molecule has 1 amide bonds. The molecule has 0 unspecified atom stereocenters. The highest BCUT2D eigenvalue weighted by molar-refractivity contribution is 6.12. The number of ether oxygens (including phenoxy) is 2. The summed E-state index contributed by atoms with van der Waals surface area (Å²) in [5, 5.41) is 3.21. The van der Waals surface area contributed by atoms with Gasteiger partial charge in [0.05, 0.1) is 23.8 Å². The molecular formula is C26H37N5O3. The first-order chi connectivity index (χ1) is 16.0. The highest BCUT2D eigenvalue weighted by atomic mass is 16.6. The number of aliphatic imine (C=N–C) groups is 1. The van der Waals surface area contributed by atoms with E-state index in [1.165, 1.54) is 0 Å². The van der Waals surface area contributed by atoms with Crippen molar-refractivity contribution in [2.45, 2.75) is 79.4 Å². The molecule has 0 bridgehead atoms. The summed E-state index contributed by atoms with van der Waals surface area (Å²) in [7, 11) is 0. The Morgan fingerprint density at radius 3 is 2.53 bits per heavy atom. The zero-order chi connectivity index (χ0) is 25.3. The smallest absolute Gasteiger partial charge is 0.434 e. The molecule has 0 atom stereocenters. The largest absolute Gasteiger partial charge is 0.473 e. The fraction of sp³-hybridized carbons (Fsp3) is 0.462. The molecule has 0 radical (unpaired) electrons. The lowest BCUT2D eigenvalue weighted by molar-refractivity contribution is 0.0604. The van der Waals surface area contributed by atoms with Crippen molar-refractivity contribution in [1.29, 1.82) is 0 Å². The number of nitrogens with zero attached hydrogens (tertiary/aromatic N) is 3. The fourth-order valence-electron chi connectivity index (χ4n) is 2.75. The molecule has 0 aliphatic heterocycles. The molecule has 184 valence electrons. The van der Waals surface area contributed by atoms with Crippen LogP contribution in [0.1, 0.15) is 67.7 Å². The Kier molecular flexibility index (Phi) is 9.59. The number of nitrogens with two attached hydrogens (primary N) is 1. The van der Waals surface area contributed by atoms with Gasteiger partial charge in [-0.05, 0) is 84.1 Å². The second kappa shape index (κ2) is 12.2. The number of hydrogen-bond donors (Lipinski definition) is 2. The highest BCUT2D eigenvalue weighted by Gasteiger charge is 2.24. The molecule has 1 heterocycles. The molecule has 1 aliphatic carbocycles. The minimum atomic E-state index is -0.621. The number of nitrogens with one attached hydrogen (secondary N) is 1. The fourth-order valence-corrected chi connectivity index (χ4v) is 2.75. The SMILES string of the molecule is CC/C=C(C)/C(/C=C\C(C)=C/C(Nc1cncc(OC2CC2)n1)=C(/C)N)=N/C(=O)OC(C)(C)C. The van der Waals surface area contributed by atoms with Crippen molar-refractivity contribution in [2.75, 3.05) is 5.32 Å². The molecule has 8 heteroatoms. The van der Waals surface area contributed by atoms with Crippen LogP contribution in [0.15, 0.2) is 64.2 Å². The third kappa shape index (κ3) is 10.0. The number of amides is 1. The van der Waals surface area contributed by atoms with Crippen LogP contribution in [-0.2, 0) is 4.74 Å². The van der Waals surface area contributed by atoms with Crippen LogP contribution in [0, 0.1) is 0 Å². The van der Waals surface area contributed by atoms with Gasteiger partial charge in [0.1, 0.15) is 11.7 Å². The lowest BCUT2D eigenvalue weighted by Gasteiger charge is -2.17. The molecule has 1 aromatic rings. The Morgan fingerprint density at radius 2 is 1.94 bits per heavy atom. The Morgan fingerprint density at radius 1 is 1.24 bits per heavy atom. The predicted molar refractivity (Wildman–Crippen MR) is 137 cm³/mol. The number of anilines is 1. The first-order valence-corrected chi connectivity index (χ1v) is 11.5. The van der Waals surface area contributed by atoms with Gasteiger partial charge in [-0.1, -0.05) is 19.1 Å². The summed E-state index contributed by atoms with van der Waals surface area (Å²) in [6.07, 6.45) is 13.3. The van der Waals surface area contributed by atoms with Crippen molar-refractivity contribution in [2.24, 2.45) is 10.7 Å². The van der Waals surface area contributed by atoms with Crippen LogP contribution in [0.5, 0.6) is 5.88 Å². The molecule has 1 aromatic heterocycles. The average Bonchev–Trinajstić information content (AvgIpc) is 3.53. The van der Waals surface area contributed by atoms with E-state index >= 15 is 0 Å². The van der Waals surface area contributed by atoms with Gasteiger partial charge in [0.2, 0.25) is 5.88 Å². The number of carbonyl (C=O) groups is 1. The number of carbonyl (C=O) groups excluding carboxylic acids is 1. The molecule has 1 fully saturated rings. The number of aromatic nitrogens is 2. The monoisotopic (exact) mass is 467 g/mol. The molecule has 0 aromatic carbocycles. The van der Waals surface area contributed by atoms with Crippen molar-refractivity contribution < 1.29 is 14.3 Å². The molecule has 1 saturated carbocycles. The summed E-state index contributed by atoms with van der Waals surface area (Å²) >= 11 is 0. The minimum Gasteiger partial charge on any atom is -0.473 e. The summed E-state index contributed by atoms with van der Waals surface area (Å²) in [5.41, 5.74) is 9.10. The quantitative estimate of drug-likeness (QED) is 0.346. The van der Waals surface area contributed by atoms with Gasteiger partial charge in [-0.2, -0.15) is 9.98 Å². The van der Waals surface area contributed by atoms with Gasteiger partial charge in [-0.25, -0.2) is 4.79 Å². The van der Waals surface area contributed by atoms with Crippen LogP contribution in [-0.4, -0.2) is 33.5 Å². The Hall–Kier alpha value is -3.42. The third-order valence-corrected chi connectivity index (χ3v) is 4.51. The maximum Gasteiger partial charge on any atom is 0.434 e. The van der Waals surface area contributed by atoms with E-state index in [9.17, 15) is 4.79 Å². The van der Waals surface area contributed by atoms with Crippen LogP contribution in [0.3, 0.4) is 0 Å². The molecule has 8 nitrogen and oxygen atoms in total. The van der Waals surface area contributed by atoms with Crippen LogP contribution < -0.4 is 15.8 Å². The van der Waals surface area contributed by atoms with Crippen molar-refractivity contribution in [3.63, 3.8) is 0 Å². The maximum atomic E-state index is 12.2. The van der Waals surface area contributed by atoms with Crippen molar-refractivity contribution in [3.05, 3.63) is 59.2 Å². The second-order valence-corrected chi connectivity index (χ2v) is 9.28. The minimum absolute atomic E-state index is 0.241. The van der Waals surface area contributed by atoms with Crippen molar-refractivity contribution >= 4 is 17.6 Å². The van der Waals surface area contributed by atoms with Crippen LogP contribution >= 0.6 is 0 Å². The Labute approximate surface area is 202 Å². The van der Waals surface area contributed by atoms with Gasteiger partial charge in [-0.15, -0.1) is 0 Å². The summed E-state index contributed by atoms with van der Waals surface area (Å²) in [5.74, 6) is 1.03. The third-order valence-electron chi connectivity index (χ3n) is 4.51. The molecular weight excluding hydrogens is 430 g/mol. The number of hydrogen-bond acceptors (Lipinski definition) is 7. The van der Waals surface area contributed by atoms with E-state index in [2.05, 4.69) is 20.3 Å². The van der Waals surface area contributed by atoms with Gasteiger partial charge in [0, 0.05) is 5.70 Å². The molecule has 0 spiro atoms. The molecule has 3 N–H and O–H groups in total. The normalized spacial score (nSPS) is 16.4. The maximum absolute atomic E-state index is 12.2. The van der Waals surface area contributed by atoms with E-state index in [4.69, 9.17) is 15.2 Å². The standard InChI is InChI=1S/C26H37N5O3/c1-8-9-18(3)21(30-25(32)34-26(5,6)7)13-10-17(2)14-22(19(4)27)29-23-15-28-16-24(31-23)33-20-11-12-20/h9-10,13-16,20H,8,11-12,27H2,1-7H3,(H,29,31)/b13-10-,17-14-,18-9+,22-19+,30-21+. The van der Waals surface area contributed by atoms with E-state index < -0.39 is 11.7 Å². The van der Waals surface area contributed by atoms with E-state index in [1.807, 2.05) is 59.8 Å². The predicted octanol–water partition coefficient (Wildman–Crippen LogP) is 5.85. The lowest BCUT2D eigenvalue weighted by Crippen LogP contribution is -2.22. The summed E-state index contributed by atoms with van der Waals surface area (Å²) < 4.78 is 11.1. The van der Waals surface area contributed by atoms with Crippen LogP contribution in [0.4, 0.5) is 10.6 Å². The van der Waals surface area contributed by atoms with E-state index in [1.54, 1.807) is 25.4 Å². The summed E-state index contributed by atoms with van der Waals surface area (Å²) in [6.45, 7) is 13.1. The van der Waals surface area contributed by atoms with Gasteiger partial charge in [0.25, 0.3) is 0 Å². The molecule has 34 heavy (non-hydrogen) atoms. The van der Waals surface area contributed by atoms with E-state index in [0.29, 0.717) is 28.8 Å². The van der Waals surface area contributed by atoms with E-state index in [-0.39, 0.29) is 6.10 Å². The topological polar surface area (TPSA) is 112 Å². The Bertz CT molecular complexity index is 1020. The van der Waals surface area contributed by atoms with Crippen LogP contribution in [0.25, 0.3) is 0 Å². The van der Waals surface area contributed by atoms with Gasteiger partial charge >= 0.3 is 6.09 Å². The number of rotatable bonds is 9. The molecule has 2 rings (SSSR count). The average molecular weight is 468 g/mol. The first kappa shape index (κ1) is 26.8. The zero-order valence-corrected chi connectivity index (χ0v) is 21.3. The van der Waals surface area contributed by atoms with Crippen LogP contribution in [0.2, 0.25) is 0 Å². The highest BCUT2D eigenvalue weighted by Crippen LogP contribution is 2.25. The molecule has 0 saturated heterocycles. The Balaban J connectivity index is 2.21. The van der Waals surface area contributed by atoms with Gasteiger partial charge in [-0.3, -0.25) is 4.98 Å². The number of allylic oxidation sites excluding steroid dienone is 7. The second-order valence-electron chi connectivity index (χ2n) is 9.28. The first-order valence-electron chi connectivity index (χ1n) is 11.5. The summed E-state index contributed by atoms with van der Waals surface area (Å²) in [6, 6.07) is 0. The summed E-state index contributed by atoms with van der Waals surface area (Å²) in [4.78, 5) is 25.1. The van der Waals surface area contributed by atoms with Crippen molar-refractivity contribution in [3.8, 4) is 5.88 Å². The zero-order valence-electron chi connectivity index (χ0n) is 21.3. The van der Waals surface area contributed by atoms with Crippen molar-refractivity contribution in [1.82, 2.24) is 9.97 Å².